The fourth-order valence-corrected chi connectivity index (χ4v) is 1.90. The number of hydrogen-bond acceptors (Lipinski definition) is 5. The number of nitrogen functional groups attached to an aromatic ring is 1. The Morgan fingerprint density at radius 2 is 2.33 bits per heavy atom. The lowest BCUT2D eigenvalue weighted by molar-refractivity contribution is 0.181. The molecule has 2 aromatic rings. The largest absolute Gasteiger partial charge is 0.383 e. The van der Waals surface area contributed by atoms with Gasteiger partial charge < -0.3 is 10.5 Å². The molecular formula is C10H11N3OS. The number of rotatable bonds is 3. The molecule has 2 rings (SSSR count). The van der Waals surface area contributed by atoms with E-state index < -0.39 is 0 Å². The van der Waals surface area contributed by atoms with E-state index in [4.69, 9.17) is 10.5 Å². The second-order valence-corrected chi connectivity index (χ2v) is 3.91. The van der Waals surface area contributed by atoms with E-state index in [9.17, 15) is 0 Å². The Kier molecular flexibility index (Phi) is 2.94. The molecule has 0 bridgehead atoms. The Balaban J connectivity index is 2.23. The molecule has 0 saturated heterocycles. The summed E-state index contributed by atoms with van der Waals surface area (Å²) in [6, 6.07) is 3.90. The summed E-state index contributed by atoms with van der Waals surface area (Å²) in [6.45, 7) is 0.528. The van der Waals surface area contributed by atoms with Crippen LogP contribution in [0, 0.1) is 0 Å². The Labute approximate surface area is 91.8 Å². The highest BCUT2D eigenvalue weighted by Crippen LogP contribution is 2.23. The van der Waals surface area contributed by atoms with E-state index in [1.54, 1.807) is 13.3 Å². The Morgan fingerprint density at radius 3 is 2.87 bits per heavy atom. The summed E-state index contributed by atoms with van der Waals surface area (Å²) in [5.41, 5.74) is 7.44. The Hall–Kier alpha value is -1.46. The smallest absolute Gasteiger partial charge is 0.135 e. The first-order valence-electron chi connectivity index (χ1n) is 4.45. The average molecular weight is 221 g/mol. The summed E-state index contributed by atoms with van der Waals surface area (Å²) in [4.78, 5) is 8.44. The molecule has 4 nitrogen and oxygen atoms in total. The van der Waals surface area contributed by atoms with E-state index in [1.165, 1.54) is 11.3 Å². The van der Waals surface area contributed by atoms with Gasteiger partial charge in [-0.1, -0.05) is 0 Å². The van der Waals surface area contributed by atoms with Crippen molar-refractivity contribution in [3.8, 4) is 10.6 Å². The van der Waals surface area contributed by atoms with Crippen LogP contribution in [0.2, 0.25) is 0 Å². The molecule has 78 valence electrons. The van der Waals surface area contributed by atoms with Gasteiger partial charge in [0.25, 0.3) is 0 Å². The number of aromatic nitrogens is 2. The fourth-order valence-electron chi connectivity index (χ4n) is 1.20. The lowest BCUT2D eigenvalue weighted by Crippen LogP contribution is -1.91. The van der Waals surface area contributed by atoms with Crippen LogP contribution in [0.4, 0.5) is 5.82 Å². The van der Waals surface area contributed by atoms with Crippen molar-refractivity contribution < 1.29 is 4.74 Å². The second-order valence-electron chi connectivity index (χ2n) is 3.05. The molecule has 0 atom stereocenters. The van der Waals surface area contributed by atoms with Gasteiger partial charge in [0, 0.05) is 24.3 Å². The number of pyridine rings is 1. The van der Waals surface area contributed by atoms with Crippen LogP contribution in [0.1, 0.15) is 5.69 Å². The lowest BCUT2D eigenvalue weighted by Gasteiger charge is -1.99. The van der Waals surface area contributed by atoms with Crippen LogP contribution in [-0.4, -0.2) is 17.1 Å². The van der Waals surface area contributed by atoms with Crippen molar-refractivity contribution in [2.24, 2.45) is 0 Å². The van der Waals surface area contributed by atoms with Crippen LogP contribution < -0.4 is 5.73 Å². The third-order valence-electron chi connectivity index (χ3n) is 1.89. The molecule has 0 unspecified atom stereocenters. The van der Waals surface area contributed by atoms with Crippen LogP contribution in [0.5, 0.6) is 0 Å². The number of nitrogens with two attached hydrogens (primary N) is 1. The van der Waals surface area contributed by atoms with Crippen molar-refractivity contribution in [3.05, 3.63) is 29.4 Å². The predicted octanol–water partition coefficient (Wildman–Crippen LogP) is 1.93. The maximum Gasteiger partial charge on any atom is 0.135 e. The first kappa shape index (κ1) is 10.1. The number of methoxy groups -OCH3 is 1. The monoisotopic (exact) mass is 221 g/mol. The zero-order valence-electron chi connectivity index (χ0n) is 8.30. The SMILES string of the molecule is COCc1ccc(-c2nc(N)cs2)cn1. The van der Waals surface area contributed by atoms with Crippen molar-refractivity contribution in [2.75, 3.05) is 12.8 Å². The molecule has 0 radical (unpaired) electrons. The number of anilines is 1. The van der Waals surface area contributed by atoms with Gasteiger partial charge in [-0.05, 0) is 12.1 Å². The van der Waals surface area contributed by atoms with Gasteiger partial charge in [0.15, 0.2) is 0 Å². The average Bonchev–Trinajstić information content (AvgIpc) is 2.67. The molecule has 0 aliphatic carbocycles. The molecule has 0 saturated carbocycles. The number of ether oxygens (including phenoxy) is 1. The summed E-state index contributed by atoms with van der Waals surface area (Å²) < 4.78 is 4.98. The summed E-state index contributed by atoms with van der Waals surface area (Å²) in [5.74, 6) is 0.552. The molecule has 0 aliphatic heterocycles. The fraction of sp³-hybridized carbons (Fsp3) is 0.200. The number of thiazole rings is 1. The summed E-state index contributed by atoms with van der Waals surface area (Å²) in [6.07, 6.45) is 1.78. The maximum atomic E-state index is 5.55. The van der Waals surface area contributed by atoms with Crippen molar-refractivity contribution >= 4 is 17.2 Å². The van der Waals surface area contributed by atoms with E-state index in [2.05, 4.69) is 9.97 Å². The third kappa shape index (κ3) is 2.31. The first-order chi connectivity index (χ1) is 7.29. The molecular weight excluding hydrogens is 210 g/mol. The molecule has 0 aromatic carbocycles. The molecule has 5 heteroatoms. The molecule has 0 aliphatic rings. The molecule has 0 fully saturated rings. The maximum absolute atomic E-state index is 5.55. The van der Waals surface area contributed by atoms with Gasteiger partial charge in [-0.2, -0.15) is 0 Å². The van der Waals surface area contributed by atoms with Gasteiger partial charge in [0.05, 0.1) is 12.3 Å². The van der Waals surface area contributed by atoms with Gasteiger partial charge in [0.2, 0.25) is 0 Å². The molecule has 2 N–H and O–H groups in total. The van der Waals surface area contributed by atoms with E-state index >= 15 is 0 Å². The van der Waals surface area contributed by atoms with Gasteiger partial charge >= 0.3 is 0 Å². The minimum atomic E-state index is 0.528. The van der Waals surface area contributed by atoms with Gasteiger partial charge in [-0.25, -0.2) is 4.98 Å². The highest BCUT2D eigenvalue weighted by atomic mass is 32.1. The third-order valence-corrected chi connectivity index (χ3v) is 2.80. The van der Waals surface area contributed by atoms with E-state index in [1.807, 2.05) is 17.5 Å². The van der Waals surface area contributed by atoms with Gasteiger partial charge in [-0.15, -0.1) is 11.3 Å². The Morgan fingerprint density at radius 1 is 1.47 bits per heavy atom. The second kappa shape index (κ2) is 4.37. The minimum Gasteiger partial charge on any atom is -0.383 e. The van der Waals surface area contributed by atoms with E-state index in [-0.39, 0.29) is 0 Å². The standard InChI is InChI=1S/C10H11N3OS/c1-14-5-8-3-2-7(4-12-8)10-13-9(11)6-15-10/h2-4,6H,5,11H2,1H3. The van der Waals surface area contributed by atoms with Crippen LogP contribution in [-0.2, 0) is 11.3 Å². The molecule has 2 heterocycles. The molecule has 0 spiro atoms. The van der Waals surface area contributed by atoms with Crippen molar-refractivity contribution in [1.29, 1.82) is 0 Å². The van der Waals surface area contributed by atoms with Gasteiger partial charge in [-0.3, -0.25) is 4.98 Å². The van der Waals surface area contributed by atoms with E-state index in [0.717, 1.165) is 16.3 Å². The van der Waals surface area contributed by atoms with Crippen molar-refractivity contribution in [1.82, 2.24) is 9.97 Å². The summed E-state index contributed by atoms with van der Waals surface area (Å²) >= 11 is 1.51. The van der Waals surface area contributed by atoms with Gasteiger partial charge in [0.1, 0.15) is 10.8 Å². The topological polar surface area (TPSA) is 61.0 Å². The summed E-state index contributed by atoms with van der Waals surface area (Å²) in [7, 11) is 1.65. The molecule has 2 aromatic heterocycles. The highest BCUT2D eigenvalue weighted by molar-refractivity contribution is 7.13. The minimum absolute atomic E-state index is 0.528. The Bertz CT molecular complexity index is 438. The van der Waals surface area contributed by atoms with Crippen molar-refractivity contribution in [3.63, 3.8) is 0 Å². The zero-order valence-corrected chi connectivity index (χ0v) is 9.12. The summed E-state index contributed by atoms with van der Waals surface area (Å²) in [5, 5.41) is 2.71. The normalized spacial score (nSPS) is 10.5. The first-order valence-corrected chi connectivity index (χ1v) is 5.33. The van der Waals surface area contributed by atoms with Crippen LogP contribution >= 0.6 is 11.3 Å². The molecule has 15 heavy (non-hydrogen) atoms. The van der Waals surface area contributed by atoms with Crippen molar-refractivity contribution in [2.45, 2.75) is 6.61 Å². The highest BCUT2D eigenvalue weighted by Gasteiger charge is 2.03. The van der Waals surface area contributed by atoms with Crippen LogP contribution in [0.25, 0.3) is 10.6 Å². The van der Waals surface area contributed by atoms with Crippen LogP contribution in [0.3, 0.4) is 0 Å². The number of nitrogens with zero attached hydrogens (tertiary/aromatic N) is 2. The number of hydrogen-bond donors (Lipinski definition) is 1. The van der Waals surface area contributed by atoms with E-state index in [0.29, 0.717) is 12.4 Å². The zero-order chi connectivity index (χ0) is 10.7. The quantitative estimate of drug-likeness (QED) is 0.860. The molecule has 0 amide bonds. The van der Waals surface area contributed by atoms with Crippen LogP contribution in [0.15, 0.2) is 23.7 Å². The predicted molar refractivity (Wildman–Crippen MR) is 60.5 cm³/mol. The lowest BCUT2D eigenvalue weighted by atomic mass is 10.2.